The zero-order chi connectivity index (χ0) is 15.8. The maximum atomic E-state index is 12.9. The van der Waals surface area contributed by atoms with Gasteiger partial charge in [0.15, 0.2) is 11.6 Å². The van der Waals surface area contributed by atoms with Crippen LogP contribution >= 0.6 is 0 Å². The number of rotatable bonds is 2. The normalized spacial score (nSPS) is 18.5. The van der Waals surface area contributed by atoms with Crippen molar-refractivity contribution in [2.75, 3.05) is 19.8 Å². The molecule has 1 atom stereocenters. The number of nitrogens with zero attached hydrogens (tertiary/aromatic N) is 3. The van der Waals surface area contributed by atoms with Crippen molar-refractivity contribution in [1.29, 1.82) is 0 Å². The van der Waals surface area contributed by atoms with Crippen molar-refractivity contribution in [3.63, 3.8) is 0 Å². The molecule has 1 amide bonds. The predicted octanol–water partition coefficient (Wildman–Crippen LogP) is 2.34. The molecule has 1 fully saturated rings. The number of aromatic nitrogens is 2. The molecular formula is C16H15N3O4. The molecule has 1 aliphatic heterocycles. The Morgan fingerprint density at radius 3 is 3.09 bits per heavy atom. The Morgan fingerprint density at radius 2 is 2.30 bits per heavy atom. The van der Waals surface area contributed by atoms with Crippen molar-refractivity contribution in [1.82, 2.24) is 15.0 Å². The molecule has 0 N–H and O–H groups in total. The number of ether oxygens (including phenoxy) is 1. The highest BCUT2D eigenvalue weighted by molar-refractivity contribution is 5.96. The summed E-state index contributed by atoms with van der Waals surface area (Å²) >= 11 is 0. The molecule has 1 unspecified atom stereocenters. The molecule has 23 heavy (non-hydrogen) atoms. The second-order valence-electron chi connectivity index (χ2n) is 5.48. The van der Waals surface area contributed by atoms with Crippen LogP contribution in [-0.2, 0) is 4.74 Å². The summed E-state index contributed by atoms with van der Waals surface area (Å²) in [6, 6.07) is 7.23. The van der Waals surface area contributed by atoms with Crippen LogP contribution in [0.2, 0.25) is 0 Å². The van der Waals surface area contributed by atoms with E-state index in [0.717, 1.165) is 16.5 Å². The Labute approximate surface area is 131 Å². The van der Waals surface area contributed by atoms with Crippen LogP contribution in [0.5, 0.6) is 0 Å². The summed E-state index contributed by atoms with van der Waals surface area (Å²) in [7, 11) is 0. The van der Waals surface area contributed by atoms with E-state index < -0.39 is 0 Å². The third-order valence-corrected chi connectivity index (χ3v) is 4.02. The summed E-state index contributed by atoms with van der Waals surface area (Å²) in [5, 5.41) is 4.75. The highest BCUT2D eigenvalue weighted by Gasteiger charge is 2.33. The van der Waals surface area contributed by atoms with Crippen molar-refractivity contribution < 1.29 is 18.5 Å². The average Bonchev–Trinajstić information content (AvgIpc) is 3.24. The van der Waals surface area contributed by atoms with Gasteiger partial charge < -0.3 is 18.6 Å². The molecule has 0 spiro atoms. The van der Waals surface area contributed by atoms with Gasteiger partial charge in [-0.05, 0) is 18.6 Å². The number of para-hydroxylation sites is 1. The minimum absolute atomic E-state index is 0.196. The number of carbonyl (C=O) groups is 1. The number of carbonyl (C=O) groups excluding carboxylic acids is 1. The average molecular weight is 313 g/mol. The number of fused-ring (bicyclic) bond motifs is 1. The Bertz CT molecular complexity index is 840. The number of aryl methyl sites for hydroxylation is 1. The lowest BCUT2D eigenvalue weighted by molar-refractivity contribution is -0.00718. The highest BCUT2D eigenvalue weighted by Crippen LogP contribution is 2.27. The third kappa shape index (κ3) is 2.39. The fourth-order valence-electron chi connectivity index (χ4n) is 2.84. The zero-order valence-electron chi connectivity index (χ0n) is 12.6. The van der Waals surface area contributed by atoms with Crippen LogP contribution in [0.1, 0.15) is 28.0 Å². The first kappa shape index (κ1) is 14.0. The van der Waals surface area contributed by atoms with Gasteiger partial charge in [-0.15, -0.1) is 0 Å². The molecule has 0 bridgehead atoms. The molecule has 2 aromatic heterocycles. The molecule has 1 saturated heterocycles. The Kier molecular flexibility index (Phi) is 3.34. The summed E-state index contributed by atoms with van der Waals surface area (Å²) in [6.07, 6.45) is 1.25. The lowest BCUT2D eigenvalue weighted by Gasteiger charge is -2.32. The molecule has 3 aromatic rings. The van der Waals surface area contributed by atoms with E-state index in [2.05, 4.69) is 10.1 Å². The van der Waals surface area contributed by atoms with Crippen LogP contribution in [0.25, 0.3) is 11.0 Å². The van der Waals surface area contributed by atoms with Gasteiger partial charge in [0.1, 0.15) is 11.6 Å². The van der Waals surface area contributed by atoms with Gasteiger partial charge in [-0.25, -0.2) is 0 Å². The predicted molar refractivity (Wildman–Crippen MR) is 79.8 cm³/mol. The Hall–Kier alpha value is -2.67. The van der Waals surface area contributed by atoms with Gasteiger partial charge in [0.25, 0.3) is 5.91 Å². The van der Waals surface area contributed by atoms with Crippen molar-refractivity contribution in [3.05, 3.63) is 47.8 Å². The van der Waals surface area contributed by atoms with E-state index in [0.29, 0.717) is 31.3 Å². The van der Waals surface area contributed by atoms with E-state index >= 15 is 0 Å². The number of furan rings is 1. The van der Waals surface area contributed by atoms with Gasteiger partial charge in [-0.3, -0.25) is 4.79 Å². The molecule has 1 aliphatic rings. The second-order valence-corrected chi connectivity index (χ2v) is 5.48. The van der Waals surface area contributed by atoms with Gasteiger partial charge in [0, 0.05) is 11.9 Å². The van der Waals surface area contributed by atoms with Crippen LogP contribution in [0.15, 0.2) is 39.6 Å². The minimum atomic E-state index is -0.371. The molecule has 4 rings (SSSR count). The summed E-state index contributed by atoms with van der Waals surface area (Å²) in [6.45, 7) is 3.22. The van der Waals surface area contributed by atoms with E-state index in [1.165, 1.54) is 6.39 Å². The molecule has 0 radical (unpaired) electrons. The van der Waals surface area contributed by atoms with E-state index in [1.54, 1.807) is 11.0 Å². The standard InChI is InChI=1S/C16H15N3O4/c1-10-3-2-4-11-7-13(23-14(10)11)16(20)19-5-6-21-8-12(19)15-17-9-22-18-15/h2-4,7,9,12H,5-6,8H2,1H3. The van der Waals surface area contributed by atoms with E-state index in [9.17, 15) is 4.79 Å². The molecular weight excluding hydrogens is 298 g/mol. The van der Waals surface area contributed by atoms with E-state index in [1.807, 2.05) is 25.1 Å². The monoisotopic (exact) mass is 313 g/mol. The smallest absolute Gasteiger partial charge is 0.290 e. The number of morpholine rings is 1. The quantitative estimate of drug-likeness (QED) is 0.722. The van der Waals surface area contributed by atoms with E-state index in [4.69, 9.17) is 13.7 Å². The maximum absolute atomic E-state index is 12.9. The topological polar surface area (TPSA) is 81.6 Å². The minimum Gasteiger partial charge on any atom is -0.451 e. The molecule has 0 aliphatic carbocycles. The van der Waals surface area contributed by atoms with Gasteiger partial charge in [0.2, 0.25) is 6.39 Å². The first-order valence-corrected chi connectivity index (χ1v) is 7.38. The number of amides is 1. The fraction of sp³-hybridized carbons (Fsp3) is 0.312. The van der Waals surface area contributed by atoms with Crippen LogP contribution < -0.4 is 0 Å². The third-order valence-electron chi connectivity index (χ3n) is 4.02. The summed E-state index contributed by atoms with van der Waals surface area (Å²) in [5.41, 5.74) is 1.73. The largest absolute Gasteiger partial charge is 0.451 e. The lowest BCUT2D eigenvalue weighted by atomic mass is 10.1. The van der Waals surface area contributed by atoms with E-state index in [-0.39, 0.29) is 11.9 Å². The van der Waals surface area contributed by atoms with Crippen LogP contribution in [0.3, 0.4) is 0 Å². The van der Waals surface area contributed by atoms with Crippen LogP contribution in [-0.4, -0.2) is 40.7 Å². The molecule has 7 heteroatoms. The Morgan fingerprint density at radius 1 is 1.39 bits per heavy atom. The highest BCUT2D eigenvalue weighted by atomic mass is 16.5. The SMILES string of the molecule is Cc1cccc2cc(C(=O)N3CCOCC3c3ncon3)oc12. The summed E-state index contributed by atoms with van der Waals surface area (Å²) in [4.78, 5) is 18.6. The molecule has 0 saturated carbocycles. The van der Waals surface area contributed by atoms with Crippen LogP contribution in [0.4, 0.5) is 0 Å². The number of hydrogen-bond donors (Lipinski definition) is 0. The van der Waals surface area contributed by atoms with Crippen LogP contribution in [0, 0.1) is 6.92 Å². The Balaban J connectivity index is 1.69. The fourth-order valence-corrected chi connectivity index (χ4v) is 2.84. The number of benzene rings is 1. The van der Waals surface area contributed by atoms with Crippen molar-refractivity contribution >= 4 is 16.9 Å². The molecule has 3 heterocycles. The number of hydrogen-bond acceptors (Lipinski definition) is 6. The second kappa shape index (κ2) is 5.51. The van der Waals surface area contributed by atoms with Crippen molar-refractivity contribution in [2.24, 2.45) is 0 Å². The maximum Gasteiger partial charge on any atom is 0.290 e. The van der Waals surface area contributed by atoms with Crippen molar-refractivity contribution in [3.8, 4) is 0 Å². The summed E-state index contributed by atoms with van der Waals surface area (Å²) < 4.78 is 16.0. The first-order chi connectivity index (χ1) is 11.2. The molecule has 7 nitrogen and oxygen atoms in total. The van der Waals surface area contributed by atoms with Gasteiger partial charge in [-0.2, -0.15) is 4.98 Å². The zero-order valence-corrected chi connectivity index (χ0v) is 12.6. The molecule has 118 valence electrons. The molecule has 1 aromatic carbocycles. The first-order valence-electron chi connectivity index (χ1n) is 7.38. The van der Waals surface area contributed by atoms with Gasteiger partial charge in [-0.1, -0.05) is 23.4 Å². The van der Waals surface area contributed by atoms with Gasteiger partial charge >= 0.3 is 0 Å². The van der Waals surface area contributed by atoms with Crippen molar-refractivity contribution in [2.45, 2.75) is 13.0 Å². The summed E-state index contributed by atoms with van der Waals surface area (Å²) in [5.74, 6) is 0.550. The van der Waals surface area contributed by atoms with Gasteiger partial charge in [0.05, 0.1) is 13.2 Å². The lowest BCUT2D eigenvalue weighted by Crippen LogP contribution is -2.43.